The molecule has 5 nitrogen and oxygen atoms in total. The Labute approximate surface area is 236 Å². The zero-order chi connectivity index (χ0) is 25.8. The van der Waals surface area contributed by atoms with Crippen molar-refractivity contribution in [3.8, 4) is 11.5 Å². The van der Waals surface area contributed by atoms with Crippen molar-refractivity contribution in [2.24, 2.45) is 0 Å². The van der Waals surface area contributed by atoms with Gasteiger partial charge in [-0.05, 0) is 93.8 Å². The van der Waals surface area contributed by atoms with Crippen molar-refractivity contribution < 1.29 is 19.1 Å². The summed E-state index contributed by atoms with van der Waals surface area (Å²) in [4.78, 5) is 27.1. The lowest BCUT2D eigenvalue weighted by molar-refractivity contribution is -0.123. The Bertz CT molecular complexity index is 1350. The van der Waals surface area contributed by atoms with Crippen LogP contribution in [0.5, 0.6) is 11.5 Å². The Morgan fingerprint density at radius 2 is 1.69 bits per heavy atom. The molecular formula is C26H19BrCl3NO4S. The van der Waals surface area contributed by atoms with Crippen LogP contribution in [-0.2, 0) is 17.9 Å². The molecule has 4 rings (SSSR count). The maximum absolute atomic E-state index is 13.0. The Morgan fingerprint density at radius 3 is 2.39 bits per heavy atom. The molecule has 3 aromatic rings. The number of nitrogens with zero attached hydrogens (tertiary/aromatic N) is 1. The number of carbonyl (C=O) groups excluding carboxylic acids is 2. The van der Waals surface area contributed by atoms with E-state index in [-0.39, 0.29) is 11.8 Å². The second kappa shape index (κ2) is 11.9. The molecule has 0 unspecified atom stereocenters. The van der Waals surface area contributed by atoms with E-state index in [1.807, 2.05) is 25.1 Å². The van der Waals surface area contributed by atoms with Gasteiger partial charge in [-0.1, -0.05) is 53.0 Å². The molecule has 1 aliphatic rings. The molecular weight excluding hydrogens is 609 g/mol. The minimum Gasteiger partial charge on any atom is -0.490 e. The lowest BCUT2D eigenvalue weighted by Gasteiger charge is -2.15. The van der Waals surface area contributed by atoms with Gasteiger partial charge in [0.25, 0.3) is 11.1 Å². The summed E-state index contributed by atoms with van der Waals surface area (Å²) in [5.74, 6) is 0.655. The molecule has 10 heteroatoms. The van der Waals surface area contributed by atoms with E-state index in [1.54, 1.807) is 42.5 Å². The summed E-state index contributed by atoms with van der Waals surface area (Å²) >= 11 is 22.6. The summed E-state index contributed by atoms with van der Waals surface area (Å²) in [5, 5.41) is 1.16. The van der Waals surface area contributed by atoms with Crippen molar-refractivity contribution in [1.82, 2.24) is 4.90 Å². The lowest BCUT2D eigenvalue weighted by atomic mass is 10.1. The number of hydrogen-bond donors (Lipinski definition) is 0. The van der Waals surface area contributed by atoms with Crippen molar-refractivity contribution >= 4 is 79.7 Å². The second-order valence-electron chi connectivity index (χ2n) is 7.68. The summed E-state index contributed by atoms with van der Waals surface area (Å²) in [5.41, 5.74) is 2.26. The molecule has 1 heterocycles. The van der Waals surface area contributed by atoms with Crippen LogP contribution in [-0.4, -0.2) is 22.7 Å². The van der Waals surface area contributed by atoms with Gasteiger partial charge in [0.2, 0.25) is 0 Å². The lowest BCUT2D eigenvalue weighted by Crippen LogP contribution is -2.27. The number of ether oxygens (including phenoxy) is 2. The van der Waals surface area contributed by atoms with Gasteiger partial charge in [0.05, 0.1) is 22.5 Å². The second-order valence-corrected chi connectivity index (χ2v) is 10.8. The van der Waals surface area contributed by atoms with Gasteiger partial charge in [-0.15, -0.1) is 0 Å². The normalized spacial score (nSPS) is 14.6. The first-order valence-electron chi connectivity index (χ1n) is 10.8. The highest BCUT2D eigenvalue weighted by Gasteiger charge is 2.35. The van der Waals surface area contributed by atoms with Crippen LogP contribution in [0.25, 0.3) is 6.08 Å². The molecule has 186 valence electrons. The fraction of sp³-hybridized carbons (Fsp3) is 0.154. The third-order valence-corrected chi connectivity index (χ3v) is 7.48. The SMILES string of the molecule is CCOc1cc(/C=C2/SC(=O)N(Cc3ccc(Cl)cc3Cl)C2=O)cc(Br)c1OCc1ccc(Cl)cc1. The standard InChI is InChI=1S/C26H19BrCl3NO4S/c1-2-34-22-10-16(9-20(27)24(22)35-14-15-3-6-18(28)7-4-15)11-23-25(32)31(26(33)36-23)13-17-5-8-19(29)12-21(17)30/h3-12H,2,13-14H2,1H3/b23-11+. The molecule has 0 N–H and O–H groups in total. The highest BCUT2D eigenvalue weighted by Crippen LogP contribution is 2.40. The molecule has 36 heavy (non-hydrogen) atoms. The Balaban J connectivity index is 1.55. The quantitative estimate of drug-likeness (QED) is 0.234. The zero-order valence-corrected chi connectivity index (χ0v) is 23.6. The van der Waals surface area contributed by atoms with Gasteiger partial charge < -0.3 is 9.47 Å². The average Bonchev–Trinajstić information content (AvgIpc) is 3.08. The van der Waals surface area contributed by atoms with Crippen LogP contribution in [0, 0.1) is 0 Å². The van der Waals surface area contributed by atoms with E-state index in [4.69, 9.17) is 44.3 Å². The van der Waals surface area contributed by atoms with Crippen LogP contribution in [0.4, 0.5) is 4.79 Å². The molecule has 0 bridgehead atoms. The maximum Gasteiger partial charge on any atom is 0.293 e. The predicted octanol–water partition coefficient (Wildman–Crippen LogP) is 8.62. The van der Waals surface area contributed by atoms with Gasteiger partial charge in [0.1, 0.15) is 6.61 Å². The number of rotatable bonds is 8. The minimum absolute atomic E-state index is 0.0589. The van der Waals surface area contributed by atoms with Crippen molar-refractivity contribution in [2.75, 3.05) is 6.61 Å². The fourth-order valence-electron chi connectivity index (χ4n) is 3.42. The molecule has 0 spiro atoms. The van der Waals surface area contributed by atoms with E-state index in [0.29, 0.717) is 60.3 Å². The van der Waals surface area contributed by atoms with Crippen LogP contribution in [0.2, 0.25) is 15.1 Å². The first-order valence-corrected chi connectivity index (χ1v) is 13.5. The number of amides is 2. The van der Waals surface area contributed by atoms with Crippen LogP contribution in [0.1, 0.15) is 23.6 Å². The van der Waals surface area contributed by atoms with Crippen LogP contribution in [0.3, 0.4) is 0 Å². The van der Waals surface area contributed by atoms with E-state index in [1.165, 1.54) is 0 Å². The highest BCUT2D eigenvalue weighted by molar-refractivity contribution is 9.10. The summed E-state index contributed by atoms with van der Waals surface area (Å²) < 4.78 is 12.5. The smallest absolute Gasteiger partial charge is 0.293 e. The third-order valence-electron chi connectivity index (χ3n) is 5.14. The van der Waals surface area contributed by atoms with Crippen molar-refractivity contribution in [2.45, 2.75) is 20.1 Å². The third kappa shape index (κ3) is 6.39. The predicted molar refractivity (Wildman–Crippen MR) is 149 cm³/mol. The van der Waals surface area contributed by atoms with E-state index in [2.05, 4.69) is 15.9 Å². The van der Waals surface area contributed by atoms with Crippen LogP contribution < -0.4 is 9.47 Å². The molecule has 1 fully saturated rings. The first kappa shape index (κ1) is 26.9. The number of hydrogen-bond acceptors (Lipinski definition) is 5. The van der Waals surface area contributed by atoms with Crippen molar-refractivity contribution in [1.29, 1.82) is 0 Å². The van der Waals surface area contributed by atoms with Gasteiger partial charge in [-0.3, -0.25) is 14.5 Å². The molecule has 1 aliphatic heterocycles. The summed E-state index contributed by atoms with van der Waals surface area (Å²) in [6, 6.07) is 15.9. The molecule has 1 saturated heterocycles. The molecule has 0 aromatic heterocycles. The maximum atomic E-state index is 13.0. The van der Waals surface area contributed by atoms with Crippen LogP contribution in [0.15, 0.2) is 64.0 Å². The largest absolute Gasteiger partial charge is 0.490 e. The Hall–Kier alpha value is -2.16. The Kier molecular flexibility index (Phi) is 8.91. The first-order chi connectivity index (χ1) is 17.2. The molecule has 0 aliphatic carbocycles. The zero-order valence-electron chi connectivity index (χ0n) is 18.9. The summed E-state index contributed by atoms with van der Waals surface area (Å²) in [6.45, 7) is 2.67. The molecule has 0 saturated carbocycles. The van der Waals surface area contributed by atoms with E-state index in [9.17, 15) is 9.59 Å². The summed E-state index contributed by atoms with van der Waals surface area (Å²) in [6.07, 6.45) is 1.66. The van der Waals surface area contributed by atoms with Crippen molar-refractivity contribution in [3.63, 3.8) is 0 Å². The number of imide groups is 1. The molecule has 3 aromatic carbocycles. The topological polar surface area (TPSA) is 55.8 Å². The number of carbonyl (C=O) groups is 2. The monoisotopic (exact) mass is 625 g/mol. The molecule has 0 atom stereocenters. The summed E-state index contributed by atoms with van der Waals surface area (Å²) in [7, 11) is 0. The van der Waals surface area contributed by atoms with Gasteiger partial charge >= 0.3 is 0 Å². The van der Waals surface area contributed by atoms with E-state index >= 15 is 0 Å². The van der Waals surface area contributed by atoms with Crippen LogP contribution >= 0.6 is 62.5 Å². The number of benzene rings is 3. The number of halogens is 4. The number of thioether (sulfide) groups is 1. The van der Waals surface area contributed by atoms with Crippen molar-refractivity contribution in [3.05, 3.63) is 95.7 Å². The van der Waals surface area contributed by atoms with Gasteiger partial charge in [0.15, 0.2) is 11.5 Å². The van der Waals surface area contributed by atoms with Gasteiger partial charge in [-0.25, -0.2) is 0 Å². The fourth-order valence-corrected chi connectivity index (χ4v) is 5.43. The van der Waals surface area contributed by atoms with Gasteiger partial charge in [-0.2, -0.15) is 0 Å². The van der Waals surface area contributed by atoms with Gasteiger partial charge in [0, 0.05) is 15.1 Å². The average molecular weight is 628 g/mol. The van der Waals surface area contributed by atoms with E-state index in [0.717, 1.165) is 22.2 Å². The van der Waals surface area contributed by atoms with E-state index < -0.39 is 5.91 Å². The minimum atomic E-state index is -0.395. The Morgan fingerprint density at radius 1 is 0.972 bits per heavy atom. The molecule has 2 amide bonds. The molecule has 0 radical (unpaired) electrons. The highest BCUT2D eigenvalue weighted by atomic mass is 79.9.